The van der Waals surface area contributed by atoms with Crippen molar-refractivity contribution in [3.8, 4) is 5.75 Å². The van der Waals surface area contributed by atoms with Gasteiger partial charge in [0.1, 0.15) is 5.75 Å². The summed E-state index contributed by atoms with van der Waals surface area (Å²) < 4.78 is 11.3. The fraction of sp³-hybridized carbons (Fsp3) is 0.318. The van der Waals surface area contributed by atoms with Crippen LogP contribution in [0.4, 0.5) is 5.69 Å². The van der Waals surface area contributed by atoms with Gasteiger partial charge < -0.3 is 14.6 Å². The summed E-state index contributed by atoms with van der Waals surface area (Å²) in [6.07, 6.45) is 2.69. The number of rotatable bonds is 7. The van der Waals surface area contributed by atoms with Gasteiger partial charge in [-0.25, -0.2) is 0 Å². The Hall–Kier alpha value is -2.86. The van der Waals surface area contributed by atoms with Gasteiger partial charge in [0.25, 0.3) is 5.91 Å². The van der Waals surface area contributed by atoms with Crippen LogP contribution >= 0.6 is 11.6 Å². The number of hydrogen-bond donors (Lipinski definition) is 1. The number of carbonyl (C=O) groups is 1. The summed E-state index contributed by atoms with van der Waals surface area (Å²) in [5.41, 5.74) is 0.510. The van der Waals surface area contributed by atoms with E-state index in [9.17, 15) is 4.79 Å². The summed E-state index contributed by atoms with van der Waals surface area (Å²) in [6, 6.07) is 14.5. The molecule has 1 aromatic heterocycles. The van der Waals surface area contributed by atoms with Gasteiger partial charge in [-0.3, -0.25) is 4.79 Å². The minimum atomic E-state index is -1.08. The molecule has 6 nitrogen and oxygen atoms in total. The molecule has 4 rings (SSSR count). The number of ether oxygens (including phenoxy) is 1. The molecule has 0 saturated heterocycles. The Balaban J connectivity index is 1.46. The van der Waals surface area contributed by atoms with E-state index < -0.39 is 5.60 Å². The van der Waals surface area contributed by atoms with Crippen LogP contribution in [0.25, 0.3) is 0 Å². The number of para-hydroxylation sites is 1. The highest BCUT2D eigenvalue weighted by Crippen LogP contribution is 2.38. The third kappa shape index (κ3) is 4.77. The molecule has 0 radical (unpaired) electrons. The Morgan fingerprint density at radius 2 is 1.93 bits per heavy atom. The van der Waals surface area contributed by atoms with Gasteiger partial charge in [0.15, 0.2) is 11.4 Å². The van der Waals surface area contributed by atoms with Crippen LogP contribution in [-0.2, 0) is 11.2 Å². The third-order valence-corrected chi connectivity index (χ3v) is 5.02. The molecule has 0 unspecified atom stereocenters. The molecule has 29 heavy (non-hydrogen) atoms. The molecule has 1 heterocycles. The molecule has 1 N–H and O–H groups in total. The van der Waals surface area contributed by atoms with E-state index in [1.54, 1.807) is 38.1 Å². The lowest BCUT2D eigenvalue weighted by Crippen LogP contribution is -2.42. The highest BCUT2D eigenvalue weighted by Gasteiger charge is 2.31. The summed E-state index contributed by atoms with van der Waals surface area (Å²) in [6.45, 7) is 3.44. The molecule has 0 spiro atoms. The van der Waals surface area contributed by atoms with Gasteiger partial charge in [-0.05, 0) is 62.6 Å². The molecular weight excluding hydrogens is 390 g/mol. The van der Waals surface area contributed by atoms with Crippen LogP contribution in [0.5, 0.6) is 5.75 Å². The van der Waals surface area contributed by atoms with Crippen molar-refractivity contribution in [1.29, 1.82) is 0 Å². The highest BCUT2D eigenvalue weighted by molar-refractivity contribution is 6.30. The van der Waals surface area contributed by atoms with Gasteiger partial charge in [-0.1, -0.05) is 35.0 Å². The lowest BCUT2D eigenvalue weighted by Gasteiger charge is -2.26. The van der Waals surface area contributed by atoms with Crippen molar-refractivity contribution in [3.05, 3.63) is 70.8 Å². The van der Waals surface area contributed by atoms with Gasteiger partial charge >= 0.3 is 0 Å². The van der Waals surface area contributed by atoms with Crippen LogP contribution in [0.1, 0.15) is 49.9 Å². The van der Waals surface area contributed by atoms with E-state index in [4.69, 9.17) is 20.9 Å². The second-order valence-corrected chi connectivity index (χ2v) is 8.11. The maximum atomic E-state index is 12.9. The zero-order chi connectivity index (χ0) is 20.4. The molecule has 1 saturated carbocycles. The van der Waals surface area contributed by atoms with E-state index in [-0.39, 0.29) is 5.91 Å². The minimum absolute atomic E-state index is 0.260. The quantitative estimate of drug-likeness (QED) is 0.592. The third-order valence-electron chi connectivity index (χ3n) is 4.77. The summed E-state index contributed by atoms with van der Waals surface area (Å²) in [5.74, 6) is 2.07. The summed E-state index contributed by atoms with van der Waals surface area (Å²) in [5, 5.41) is 7.63. The largest absolute Gasteiger partial charge is 0.478 e. The number of benzene rings is 2. The van der Waals surface area contributed by atoms with Crippen LogP contribution in [0.15, 0.2) is 53.1 Å². The lowest BCUT2D eigenvalue weighted by atomic mass is 10.1. The minimum Gasteiger partial charge on any atom is -0.478 e. The summed E-state index contributed by atoms with van der Waals surface area (Å²) in [4.78, 5) is 17.4. The molecule has 1 aliphatic rings. The Morgan fingerprint density at radius 3 is 2.66 bits per heavy atom. The fourth-order valence-corrected chi connectivity index (χ4v) is 3.05. The average Bonchev–Trinajstić information content (AvgIpc) is 3.44. The summed E-state index contributed by atoms with van der Waals surface area (Å²) >= 11 is 5.91. The van der Waals surface area contributed by atoms with Gasteiger partial charge in [0.05, 0.1) is 6.42 Å². The zero-order valence-electron chi connectivity index (χ0n) is 16.3. The van der Waals surface area contributed by atoms with E-state index in [1.165, 1.54) is 0 Å². The van der Waals surface area contributed by atoms with E-state index in [0.717, 1.165) is 24.2 Å². The van der Waals surface area contributed by atoms with E-state index in [0.29, 0.717) is 34.7 Å². The number of aromatic nitrogens is 2. The number of nitrogens with zero attached hydrogens (tertiary/aromatic N) is 2. The van der Waals surface area contributed by atoms with Crippen molar-refractivity contribution in [2.45, 2.75) is 44.6 Å². The Kier molecular flexibility index (Phi) is 5.28. The predicted molar refractivity (Wildman–Crippen MR) is 110 cm³/mol. The SMILES string of the molecule is CC(C)(Oc1ccc(Cl)cc1)C(=O)Nc1ccccc1Cc1nc(C2CC2)no1. The Labute approximate surface area is 174 Å². The van der Waals surface area contributed by atoms with Crippen LogP contribution < -0.4 is 10.1 Å². The monoisotopic (exact) mass is 411 g/mol. The van der Waals surface area contributed by atoms with E-state index >= 15 is 0 Å². The molecule has 1 aliphatic carbocycles. The molecule has 1 amide bonds. The second kappa shape index (κ2) is 7.87. The molecule has 150 valence electrons. The number of halogens is 1. The van der Waals surface area contributed by atoms with E-state index in [1.807, 2.05) is 24.3 Å². The number of anilines is 1. The molecule has 2 aromatic carbocycles. The number of hydrogen-bond acceptors (Lipinski definition) is 5. The highest BCUT2D eigenvalue weighted by atomic mass is 35.5. The fourth-order valence-electron chi connectivity index (χ4n) is 2.92. The Morgan fingerprint density at radius 1 is 1.21 bits per heavy atom. The van der Waals surface area contributed by atoms with E-state index in [2.05, 4.69) is 15.5 Å². The molecule has 0 bridgehead atoms. The normalized spacial score (nSPS) is 13.9. The standard InChI is InChI=1S/C22H22ClN3O3/c1-22(2,28-17-11-9-16(23)10-12-17)21(27)24-18-6-4-3-5-15(18)13-19-25-20(26-29-19)14-7-8-14/h3-6,9-12,14H,7-8,13H2,1-2H3,(H,24,27). The van der Waals surface area contributed by atoms with Crippen molar-refractivity contribution < 1.29 is 14.1 Å². The molecule has 7 heteroatoms. The Bertz CT molecular complexity index is 1010. The smallest absolute Gasteiger partial charge is 0.267 e. The van der Waals surface area contributed by atoms with Crippen LogP contribution in [0, 0.1) is 0 Å². The molecule has 0 aliphatic heterocycles. The topological polar surface area (TPSA) is 77.2 Å². The average molecular weight is 412 g/mol. The maximum Gasteiger partial charge on any atom is 0.267 e. The predicted octanol–water partition coefficient (Wildman–Crippen LogP) is 4.99. The first-order valence-electron chi connectivity index (χ1n) is 9.57. The van der Waals surface area contributed by atoms with Crippen molar-refractivity contribution in [3.63, 3.8) is 0 Å². The van der Waals surface area contributed by atoms with Gasteiger partial charge in [0.2, 0.25) is 5.89 Å². The van der Waals surface area contributed by atoms with Crippen LogP contribution in [0.2, 0.25) is 5.02 Å². The first-order valence-corrected chi connectivity index (χ1v) is 9.95. The number of carbonyl (C=O) groups excluding carboxylic acids is 1. The molecular formula is C22H22ClN3O3. The number of amides is 1. The van der Waals surface area contributed by atoms with Crippen LogP contribution in [0.3, 0.4) is 0 Å². The van der Waals surface area contributed by atoms with Crippen molar-refractivity contribution >= 4 is 23.2 Å². The maximum absolute atomic E-state index is 12.9. The van der Waals surface area contributed by atoms with Crippen LogP contribution in [-0.4, -0.2) is 21.6 Å². The second-order valence-electron chi connectivity index (χ2n) is 7.67. The zero-order valence-corrected chi connectivity index (χ0v) is 17.1. The van der Waals surface area contributed by atoms with Gasteiger partial charge in [0, 0.05) is 16.6 Å². The van der Waals surface area contributed by atoms with Crippen molar-refractivity contribution in [2.24, 2.45) is 0 Å². The molecule has 3 aromatic rings. The lowest BCUT2D eigenvalue weighted by molar-refractivity contribution is -0.128. The first kappa shape index (κ1) is 19.5. The van der Waals surface area contributed by atoms with Crippen molar-refractivity contribution in [1.82, 2.24) is 10.1 Å². The van der Waals surface area contributed by atoms with Gasteiger partial charge in [-0.15, -0.1) is 0 Å². The summed E-state index contributed by atoms with van der Waals surface area (Å²) in [7, 11) is 0. The van der Waals surface area contributed by atoms with Gasteiger partial charge in [-0.2, -0.15) is 4.98 Å². The van der Waals surface area contributed by atoms with Crippen molar-refractivity contribution in [2.75, 3.05) is 5.32 Å². The first-order chi connectivity index (χ1) is 13.9. The molecule has 0 atom stereocenters. The number of nitrogens with one attached hydrogen (secondary N) is 1. The molecule has 1 fully saturated rings.